The summed E-state index contributed by atoms with van der Waals surface area (Å²) in [5, 5.41) is 0. The predicted octanol–water partition coefficient (Wildman–Crippen LogP) is 2.79. The molecule has 0 aliphatic carbocycles. The molecule has 0 bridgehead atoms. The van der Waals surface area contributed by atoms with Gasteiger partial charge in [0.25, 0.3) is 0 Å². The second kappa shape index (κ2) is 5.95. The van der Waals surface area contributed by atoms with Crippen molar-refractivity contribution in [3.05, 3.63) is 42.2 Å². The Labute approximate surface area is 123 Å². The van der Waals surface area contributed by atoms with Gasteiger partial charge in [-0.25, -0.2) is 9.37 Å². The molecule has 0 radical (unpaired) electrons. The average Bonchev–Trinajstić information content (AvgIpc) is 2.91. The number of benzene rings is 1. The lowest BCUT2D eigenvalue weighted by Crippen LogP contribution is -2.45. The molecular weight excluding hydrogens is 269 g/mol. The molecule has 112 valence electrons. The first-order valence-corrected chi connectivity index (χ1v) is 7.32. The average molecular weight is 289 g/mol. The van der Waals surface area contributed by atoms with E-state index in [1.54, 1.807) is 18.3 Å². The molecular formula is C16H20FN3O. The number of hydrogen-bond donors (Lipinski definition) is 1. The van der Waals surface area contributed by atoms with Crippen molar-refractivity contribution < 1.29 is 8.81 Å². The van der Waals surface area contributed by atoms with E-state index < -0.39 is 0 Å². The van der Waals surface area contributed by atoms with Gasteiger partial charge in [-0.15, -0.1) is 0 Å². The standard InChI is InChI=1S/C16H20FN3O/c1-11-8-14(18)6-7-20(11)10-16-19-9-15(21-16)12-2-4-13(17)5-3-12/h2-5,9,11,14H,6-8,10,18H2,1H3. The van der Waals surface area contributed by atoms with Crippen molar-refractivity contribution in [1.82, 2.24) is 9.88 Å². The minimum Gasteiger partial charge on any atom is -0.439 e. The molecule has 1 aromatic carbocycles. The first-order chi connectivity index (χ1) is 10.1. The molecule has 0 saturated carbocycles. The van der Waals surface area contributed by atoms with Gasteiger partial charge in [-0.3, -0.25) is 4.90 Å². The maximum absolute atomic E-state index is 12.9. The minimum atomic E-state index is -0.253. The monoisotopic (exact) mass is 289 g/mol. The SMILES string of the molecule is CC1CC(N)CCN1Cc1ncc(-c2ccc(F)cc2)o1. The van der Waals surface area contributed by atoms with E-state index in [4.69, 9.17) is 10.2 Å². The van der Waals surface area contributed by atoms with Crippen molar-refractivity contribution >= 4 is 0 Å². The zero-order chi connectivity index (χ0) is 14.8. The quantitative estimate of drug-likeness (QED) is 0.944. The van der Waals surface area contributed by atoms with Crippen LogP contribution in [0.3, 0.4) is 0 Å². The Balaban J connectivity index is 1.69. The van der Waals surface area contributed by atoms with Gasteiger partial charge < -0.3 is 10.2 Å². The minimum absolute atomic E-state index is 0.253. The third-order valence-electron chi connectivity index (χ3n) is 4.07. The van der Waals surface area contributed by atoms with Crippen LogP contribution < -0.4 is 5.73 Å². The van der Waals surface area contributed by atoms with Crippen LogP contribution in [0.25, 0.3) is 11.3 Å². The molecule has 1 saturated heterocycles. The maximum Gasteiger partial charge on any atom is 0.209 e. The number of aromatic nitrogens is 1. The highest BCUT2D eigenvalue weighted by atomic mass is 19.1. The van der Waals surface area contributed by atoms with Crippen molar-refractivity contribution in [3.63, 3.8) is 0 Å². The van der Waals surface area contributed by atoms with Crippen molar-refractivity contribution in [2.45, 2.75) is 38.4 Å². The number of piperidine rings is 1. The Morgan fingerprint density at radius 2 is 2.14 bits per heavy atom. The van der Waals surface area contributed by atoms with Crippen LogP contribution >= 0.6 is 0 Å². The Hall–Kier alpha value is -1.72. The van der Waals surface area contributed by atoms with Gasteiger partial charge in [-0.2, -0.15) is 0 Å². The molecule has 1 fully saturated rings. The number of nitrogens with zero attached hydrogens (tertiary/aromatic N) is 2. The van der Waals surface area contributed by atoms with Gasteiger partial charge in [-0.05, 0) is 44.0 Å². The largest absolute Gasteiger partial charge is 0.439 e. The Kier molecular flexibility index (Phi) is 4.03. The van der Waals surface area contributed by atoms with E-state index in [2.05, 4.69) is 16.8 Å². The van der Waals surface area contributed by atoms with E-state index in [0.717, 1.165) is 24.9 Å². The summed E-state index contributed by atoms with van der Waals surface area (Å²) in [4.78, 5) is 6.67. The molecule has 3 rings (SSSR count). The molecule has 0 amide bonds. The van der Waals surface area contributed by atoms with Crippen molar-refractivity contribution in [1.29, 1.82) is 0 Å². The van der Waals surface area contributed by atoms with Gasteiger partial charge in [0.15, 0.2) is 5.76 Å². The summed E-state index contributed by atoms with van der Waals surface area (Å²) in [5.74, 6) is 1.11. The number of oxazole rings is 1. The highest BCUT2D eigenvalue weighted by Gasteiger charge is 2.24. The second-order valence-corrected chi connectivity index (χ2v) is 5.73. The fourth-order valence-electron chi connectivity index (χ4n) is 2.80. The highest BCUT2D eigenvalue weighted by molar-refractivity contribution is 5.55. The molecule has 1 aliphatic rings. The smallest absolute Gasteiger partial charge is 0.209 e. The summed E-state index contributed by atoms with van der Waals surface area (Å²) in [7, 11) is 0. The number of rotatable bonds is 3. The van der Waals surface area contributed by atoms with Gasteiger partial charge in [0, 0.05) is 24.2 Å². The number of likely N-dealkylation sites (tertiary alicyclic amines) is 1. The molecule has 1 aliphatic heterocycles. The third kappa shape index (κ3) is 3.31. The van der Waals surface area contributed by atoms with Crippen LogP contribution in [0.15, 0.2) is 34.9 Å². The molecule has 21 heavy (non-hydrogen) atoms. The lowest BCUT2D eigenvalue weighted by atomic mass is 9.99. The van der Waals surface area contributed by atoms with Crippen LogP contribution in [0, 0.1) is 5.82 Å². The molecule has 4 nitrogen and oxygen atoms in total. The summed E-state index contributed by atoms with van der Waals surface area (Å²) in [6.07, 6.45) is 3.71. The van der Waals surface area contributed by atoms with Crippen LogP contribution in [-0.4, -0.2) is 28.5 Å². The summed E-state index contributed by atoms with van der Waals surface area (Å²) >= 11 is 0. The van der Waals surface area contributed by atoms with Gasteiger partial charge in [0.1, 0.15) is 5.82 Å². The molecule has 0 spiro atoms. The van der Waals surface area contributed by atoms with E-state index in [9.17, 15) is 4.39 Å². The van der Waals surface area contributed by atoms with E-state index in [1.165, 1.54) is 12.1 Å². The summed E-state index contributed by atoms with van der Waals surface area (Å²) in [5.41, 5.74) is 6.81. The molecule has 1 aromatic heterocycles. The number of halogens is 1. The fourth-order valence-corrected chi connectivity index (χ4v) is 2.80. The van der Waals surface area contributed by atoms with Crippen molar-refractivity contribution in [3.8, 4) is 11.3 Å². The van der Waals surface area contributed by atoms with Gasteiger partial charge in [0.05, 0.1) is 12.7 Å². The summed E-state index contributed by atoms with van der Waals surface area (Å²) < 4.78 is 18.7. The van der Waals surface area contributed by atoms with E-state index >= 15 is 0 Å². The summed E-state index contributed by atoms with van der Waals surface area (Å²) in [6.45, 7) is 3.84. The normalized spacial score (nSPS) is 23.4. The highest BCUT2D eigenvalue weighted by Crippen LogP contribution is 2.23. The summed E-state index contributed by atoms with van der Waals surface area (Å²) in [6, 6.07) is 6.98. The Morgan fingerprint density at radius 3 is 2.86 bits per heavy atom. The van der Waals surface area contributed by atoms with Gasteiger partial charge in [0.2, 0.25) is 5.89 Å². The van der Waals surface area contributed by atoms with Gasteiger partial charge in [-0.1, -0.05) is 0 Å². The lowest BCUT2D eigenvalue weighted by molar-refractivity contribution is 0.128. The van der Waals surface area contributed by atoms with Crippen LogP contribution in [0.5, 0.6) is 0 Å². The second-order valence-electron chi connectivity index (χ2n) is 5.73. The fraction of sp³-hybridized carbons (Fsp3) is 0.438. The number of nitrogens with two attached hydrogens (primary N) is 1. The molecule has 2 atom stereocenters. The molecule has 2 N–H and O–H groups in total. The zero-order valence-corrected chi connectivity index (χ0v) is 12.1. The zero-order valence-electron chi connectivity index (χ0n) is 12.1. The lowest BCUT2D eigenvalue weighted by Gasteiger charge is -2.35. The topological polar surface area (TPSA) is 55.3 Å². The van der Waals surface area contributed by atoms with Crippen molar-refractivity contribution in [2.24, 2.45) is 5.73 Å². The Bertz CT molecular complexity index is 596. The molecule has 2 unspecified atom stereocenters. The molecule has 5 heteroatoms. The van der Waals surface area contributed by atoms with Crippen molar-refractivity contribution in [2.75, 3.05) is 6.54 Å². The molecule has 2 aromatic rings. The van der Waals surface area contributed by atoms with E-state index in [1.807, 2.05) is 0 Å². The van der Waals surface area contributed by atoms with Crippen LogP contribution in [0.1, 0.15) is 25.7 Å². The number of hydrogen-bond acceptors (Lipinski definition) is 4. The Morgan fingerprint density at radius 1 is 1.38 bits per heavy atom. The van der Waals surface area contributed by atoms with Crippen LogP contribution in [0.2, 0.25) is 0 Å². The third-order valence-corrected chi connectivity index (χ3v) is 4.07. The maximum atomic E-state index is 12.9. The van der Waals surface area contributed by atoms with Gasteiger partial charge >= 0.3 is 0 Å². The van der Waals surface area contributed by atoms with E-state index in [0.29, 0.717) is 30.3 Å². The molecule has 2 heterocycles. The first kappa shape index (κ1) is 14.2. The van der Waals surface area contributed by atoms with E-state index in [-0.39, 0.29) is 5.82 Å². The predicted molar refractivity (Wildman–Crippen MR) is 79.0 cm³/mol. The van der Waals surface area contributed by atoms with Crippen LogP contribution in [-0.2, 0) is 6.54 Å². The van der Waals surface area contributed by atoms with Crippen LogP contribution in [0.4, 0.5) is 4.39 Å². The first-order valence-electron chi connectivity index (χ1n) is 7.32.